The monoisotopic (exact) mass is 216 g/mol. The lowest BCUT2D eigenvalue weighted by atomic mass is 10.1. The van der Waals surface area contributed by atoms with E-state index >= 15 is 0 Å². The summed E-state index contributed by atoms with van der Waals surface area (Å²) in [4.78, 5) is 10.1. The van der Waals surface area contributed by atoms with Crippen LogP contribution in [-0.4, -0.2) is 18.0 Å². The van der Waals surface area contributed by atoms with Crippen LogP contribution >= 0.6 is 0 Å². The number of aldehydes is 1. The van der Waals surface area contributed by atoms with Crippen molar-refractivity contribution in [1.82, 2.24) is 0 Å². The minimum Gasteiger partial charge on any atom is -0.508 e. The van der Waals surface area contributed by atoms with E-state index in [0.29, 0.717) is 18.3 Å². The second-order valence-corrected chi connectivity index (χ2v) is 2.87. The highest BCUT2D eigenvalue weighted by molar-refractivity contribution is 5.51. The van der Waals surface area contributed by atoms with E-state index in [9.17, 15) is 18.7 Å². The Hall–Kier alpha value is -1.65. The highest BCUT2D eigenvalue weighted by atomic mass is 19.3. The molecule has 0 saturated carbocycles. The highest BCUT2D eigenvalue weighted by Gasteiger charge is 2.07. The summed E-state index contributed by atoms with van der Waals surface area (Å²) in [6, 6.07) is 3.80. The lowest BCUT2D eigenvalue weighted by Crippen LogP contribution is -2.02. The number of hydrogen-bond acceptors (Lipinski definition) is 3. The number of ether oxygens (including phenoxy) is 1. The van der Waals surface area contributed by atoms with Gasteiger partial charge < -0.3 is 14.6 Å². The van der Waals surface area contributed by atoms with E-state index in [0.717, 1.165) is 0 Å². The molecule has 1 rings (SSSR count). The predicted molar refractivity (Wildman–Crippen MR) is 49.1 cm³/mol. The van der Waals surface area contributed by atoms with Crippen molar-refractivity contribution in [1.29, 1.82) is 0 Å². The third kappa shape index (κ3) is 3.53. The zero-order chi connectivity index (χ0) is 11.3. The van der Waals surface area contributed by atoms with Gasteiger partial charge in [0.25, 0.3) is 0 Å². The molecule has 0 fully saturated rings. The maximum absolute atomic E-state index is 11.9. The van der Waals surface area contributed by atoms with E-state index in [2.05, 4.69) is 4.74 Å². The molecule has 0 unspecified atom stereocenters. The van der Waals surface area contributed by atoms with Crippen molar-refractivity contribution < 1.29 is 23.4 Å². The van der Waals surface area contributed by atoms with Gasteiger partial charge in [-0.1, -0.05) is 0 Å². The topological polar surface area (TPSA) is 46.5 Å². The van der Waals surface area contributed by atoms with Gasteiger partial charge in [-0.3, -0.25) is 0 Å². The van der Waals surface area contributed by atoms with Gasteiger partial charge in [-0.05, 0) is 30.2 Å². The van der Waals surface area contributed by atoms with Crippen molar-refractivity contribution in [3.05, 3.63) is 23.8 Å². The highest BCUT2D eigenvalue weighted by Crippen LogP contribution is 2.24. The first kappa shape index (κ1) is 11.4. The van der Waals surface area contributed by atoms with Crippen LogP contribution in [0, 0.1) is 0 Å². The molecule has 5 heteroatoms. The van der Waals surface area contributed by atoms with Gasteiger partial charge in [-0.25, -0.2) is 0 Å². The lowest BCUT2D eigenvalue weighted by Gasteiger charge is -2.07. The van der Waals surface area contributed by atoms with Gasteiger partial charge in [0.05, 0.1) is 0 Å². The Kier molecular flexibility index (Phi) is 4.03. The molecule has 1 N–H and O–H groups in total. The molecule has 0 heterocycles. The van der Waals surface area contributed by atoms with Gasteiger partial charge in [0, 0.05) is 6.42 Å². The predicted octanol–water partition coefficient (Wildman–Crippen LogP) is 2.13. The maximum Gasteiger partial charge on any atom is 0.387 e. The van der Waals surface area contributed by atoms with Gasteiger partial charge in [-0.2, -0.15) is 8.78 Å². The molecule has 0 atom stereocenters. The molecule has 1 aromatic rings. The summed E-state index contributed by atoms with van der Waals surface area (Å²) >= 11 is 0. The molecule has 82 valence electrons. The zero-order valence-corrected chi connectivity index (χ0v) is 7.82. The fourth-order valence-corrected chi connectivity index (χ4v) is 1.15. The Morgan fingerprint density at radius 2 is 2.20 bits per heavy atom. The first-order chi connectivity index (χ1) is 7.13. The fraction of sp³-hybridized carbons (Fsp3) is 0.300. The Balaban J connectivity index is 2.79. The number of phenolic OH excluding ortho intramolecular Hbond substituents is 1. The van der Waals surface area contributed by atoms with Gasteiger partial charge in [-0.15, -0.1) is 0 Å². The van der Waals surface area contributed by atoms with Crippen LogP contribution in [0.5, 0.6) is 11.5 Å². The molecule has 1 aromatic carbocycles. The molecule has 15 heavy (non-hydrogen) atoms. The van der Waals surface area contributed by atoms with Crippen molar-refractivity contribution in [2.75, 3.05) is 0 Å². The summed E-state index contributed by atoms with van der Waals surface area (Å²) in [6.45, 7) is -2.89. The molecule has 0 aromatic heterocycles. The number of aromatic hydroxyl groups is 1. The van der Waals surface area contributed by atoms with Crippen LogP contribution in [-0.2, 0) is 11.2 Å². The van der Waals surface area contributed by atoms with Crippen LogP contribution in [0.3, 0.4) is 0 Å². The van der Waals surface area contributed by atoms with Crippen LogP contribution in [0.2, 0.25) is 0 Å². The molecule has 3 nitrogen and oxygen atoms in total. The Labute approximate surface area is 85.3 Å². The number of alkyl halides is 2. The van der Waals surface area contributed by atoms with Crippen LogP contribution in [0.4, 0.5) is 8.78 Å². The summed E-state index contributed by atoms with van der Waals surface area (Å²) in [5, 5.41) is 9.34. The Morgan fingerprint density at radius 3 is 2.80 bits per heavy atom. The normalized spacial score (nSPS) is 10.3. The van der Waals surface area contributed by atoms with Crippen molar-refractivity contribution in [3.8, 4) is 11.5 Å². The number of carbonyl (C=O) groups excluding carboxylic acids is 1. The fourth-order valence-electron chi connectivity index (χ4n) is 1.15. The summed E-state index contributed by atoms with van der Waals surface area (Å²) in [5.41, 5.74) is 0.417. The number of rotatable bonds is 5. The number of phenols is 1. The summed E-state index contributed by atoms with van der Waals surface area (Å²) < 4.78 is 27.9. The minimum absolute atomic E-state index is 0.0244. The quantitative estimate of drug-likeness (QED) is 0.767. The molecule has 0 amide bonds. The number of hydrogen-bond donors (Lipinski definition) is 1. The summed E-state index contributed by atoms with van der Waals surface area (Å²) in [7, 11) is 0. The number of carbonyl (C=O) groups is 1. The van der Waals surface area contributed by atoms with E-state index in [1.807, 2.05) is 0 Å². The van der Waals surface area contributed by atoms with Crippen LogP contribution < -0.4 is 4.74 Å². The second kappa shape index (κ2) is 5.29. The van der Waals surface area contributed by atoms with Gasteiger partial charge in [0.2, 0.25) is 0 Å². The molecule has 0 aliphatic carbocycles. The van der Waals surface area contributed by atoms with E-state index in [1.165, 1.54) is 18.2 Å². The number of aryl methyl sites for hydroxylation is 1. The van der Waals surface area contributed by atoms with Crippen LogP contribution in [0.1, 0.15) is 12.0 Å². The molecule has 0 spiro atoms. The van der Waals surface area contributed by atoms with Gasteiger partial charge in [0.1, 0.15) is 17.8 Å². The first-order valence-corrected chi connectivity index (χ1v) is 4.34. The van der Waals surface area contributed by atoms with Gasteiger partial charge in [0.15, 0.2) is 0 Å². The Morgan fingerprint density at radius 1 is 1.47 bits per heavy atom. The smallest absolute Gasteiger partial charge is 0.387 e. The number of halogens is 2. The SMILES string of the molecule is O=CCCc1cc(OC(F)F)ccc1O. The summed E-state index contributed by atoms with van der Waals surface area (Å²) in [6.07, 6.45) is 1.22. The third-order valence-electron chi connectivity index (χ3n) is 1.81. The van der Waals surface area contributed by atoms with E-state index in [4.69, 9.17) is 0 Å². The van der Waals surface area contributed by atoms with Crippen molar-refractivity contribution in [2.45, 2.75) is 19.5 Å². The second-order valence-electron chi connectivity index (χ2n) is 2.87. The average Bonchev–Trinajstić information content (AvgIpc) is 2.18. The molecule has 0 aliphatic rings. The largest absolute Gasteiger partial charge is 0.508 e. The van der Waals surface area contributed by atoms with Crippen LogP contribution in [0.25, 0.3) is 0 Å². The summed E-state index contributed by atoms with van der Waals surface area (Å²) in [5.74, 6) is -0.0536. The first-order valence-electron chi connectivity index (χ1n) is 4.34. The van der Waals surface area contributed by atoms with Crippen LogP contribution in [0.15, 0.2) is 18.2 Å². The van der Waals surface area contributed by atoms with Gasteiger partial charge >= 0.3 is 6.61 Å². The third-order valence-corrected chi connectivity index (χ3v) is 1.81. The van der Waals surface area contributed by atoms with E-state index in [1.54, 1.807) is 0 Å². The van der Waals surface area contributed by atoms with Crippen molar-refractivity contribution in [2.24, 2.45) is 0 Å². The lowest BCUT2D eigenvalue weighted by molar-refractivity contribution is -0.107. The van der Waals surface area contributed by atoms with Crippen molar-refractivity contribution >= 4 is 6.29 Å². The average molecular weight is 216 g/mol. The van der Waals surface area contributed by atoms with Crippen molar-refractivity contribution in [3.63, 3.8) is 0 Å². The van der Waals surface area contributed by atoms with E-state index < -0.39 is 6.61 Å². The molecule has 0 radical (unpaired) electrons. The number of benzene rings is 1. The molecular weight excluding hydrogens is 206 g/mol. The van der Waals surface area contributed by atoms with E-state index in [-0.39, 0.29) is 17.9 Å². The molecular formula is C10H10F2O3. The zero-order valence-electron chi connectivity index (χ0n) is 7.82. The molecule has 0 aliphatic heterocycles. The molecule has 0 saturated heterocycles. The Bertz CT molecular complexity index is 339. The maximum atomic E-state index is 11.9. The standard InChI is InChI=1S/C10H10F2O3/c11-10(12)15-8-3-4-9(14)7(6-8)2-1-5-13/h3-6,10,14H,1-2H2. The minimum atomic E-state index is -2.89. The molecule has 0 bridgehead atoms.